The molecule has 116 valence electrons. The standard InChI is InChI=1S/C17H26N2O2/c20-17(15-5-2-1-3-6-15)14-19-10-8-18(9-11-19)13-16-7-4-12-21-16/h1-3,5-6,16-17,20H,4,7-14H2. The van der Waals surface area contributed by atoms with Crippen molar-refractivity contribution >= 4 is 0 Å². The zero-order chi connectivity index (χ0) is 14.5. The lowest BCUT2D eigenvalue weighted by Crippen LogP contribution is -2.49. The van der Waals surface area contributed by atoms with Gasteiger partial charge in [-0.2, -0.15) is 0 Å². The van der Waals surface area contributed by atoms with Gasteiger partial charge in [-0.3, -0.25) is 9.80 Å². The fourth-order valence-corrected chi connectivity index (χ4v) is 3.26. The Morgan fingerprint density at radius 2 is 1.81 bits per heavy atom. The first-order chi connectivity index (χ1) is 10.3. The third-order valence-electron chi connectivity index (χ3n) is 4.57. The lowest BCUT2D eigenvalue weighted by Gasteiger charge is -2.36. The van der Waals surface area contributed by atoms with Gasteiger partial charge in [0.05, 0.1) is 12.2 Å². The highest BCUT2D eigenvalue weighted by Crippen LogP contribution is 2.17. The fraction of sp³-hybridized carbons (Fsp3) is 0.647. The van der Waals surface area contributed by atoms with Crippen LogP contribution in [0.4, 0.5) is 0 Å². The van der Waals surface area contributed by atoms with Crippen LogP contribution in [0.25, 0.3) is 0 Å². The zero-order valence-corrected chi connectivity index (χ0v) is 12.7. The molecule has 0 bridgehead atoms. The summed E-state index contributed by atoms with van der Waals surface area (Å²) in [5.74, 6) is 0. The van der Waals surface area contributed by atoms with Gasteiger partial charge < -0.3 is 9.84 Å². The van der Waals surface area contributed by atoms with Gasteiger partial charge in [0.1, 0.15) is 0 Å². The number of piperazine rings is 1. The molecular weight excluding hydrogens is 264 g/mol. The second kappa shape index (κ2) is 7.36. The minimum atomic E-state index is -0.379. The normalized spacial score (nSPS) is 26.0. The topological polar surface area (TPSA) is 35.9 Å². The lowest BCUT2D eigenvalue weighted by atomic mass is 10.1. The molecule has 0 aromatic heterocycles. The van der Waals surface area contributed by atoms with Crippen LogP contribution in [0.3, 0.4) is 0 Å². The molecule has 0 aliphatic carbocycles. The van der Waals surface area contributed by atoms with Crippen molar-refractivity contribution in [2.75, 3.05) is 45.9 Å². The van der Waals surface area contributed by atoms with Crippen molar-refractivity contribution in [3.8, 4) is 0 Å². The molecule has 2 atom stereocenters. The minimum Gasteiger partial charge on any atom is -0.387 e. The number of hydrogen-bond acceptors (Lipinski definition) is 4. The van der Waals surface area contributed by atoms with Crippen molar-refractivity contribution < 1.29 is 9.84 Å². The van der Waals surface area contributed by atoms with Gasteiger partial charge in [0, 0.05) is 45.9 Å². The first-order valence-corrected chi connectivity index (χ1v) is 8.10. The number of nitrogens with zero attached hydrogens (tertiary/aromatic N) is 2. The van der Waals surface area contributed by atoms with Crippen molar-refractivity contribution in [3.05, 3.63) is 35.9 Å². The predicted octanol–water partition coefficient (Wildman–Crippen LogP) is 1.52. The molecule has 2 aliphatic rings. The summed E-state index contributed by atoms with van der Waals surface area (Å²) in [6, 6.07) is 9.95. The summed E-state index contributed by atoms with van der Waals surface area (Å²) >= 11 is 0. The van der Waals surface area contributed by atoms with E-state index in [0.29, 0.717) is 6.10 Å². The Bertz CT molecular complexity index is 412. The molecular formula is C17H26N2O2. The summed E-state index contributed by atoms with van der Waals surface area (Å²) < 4.78 is 5.71. The van der Waals surface area contributed by atoms with Crippen molar-refractivity contribution in [2.45, 2.75) is 25.0 Å². The first-order valence-electron chi connectivity index (χ1n) is 8.10. The van der Waals surface area contributed by atoms with Crippen LogP contribution in [0, 0.1) is 0 Å². The van der Waals surface area contributed by atoms with E-state index in [1.165, 1.54) is 12.8 Å². The maximum atomic E-state index is 10.3. The molecule has 2 heterocycles. The van der Waals surface area contributed by atoms with Gasteiger partial charge in [0.15, 0.2) is 0 Å². The summed E-state index contributed by atoms with van der Waals surface area (Å²) in [6.45, 7) is 7.00. The smallest absolute Gasteiger partial charge is 0.0916 e. The highest BCUT2D eigenvalue weighted by Gasteiger charge is 2.23. The Labute approximate surface area is 127 Å². The summed E-state index contributed by atoms with van der Waals surface area (Å²) in [5, 5.41) is 10.3. The molecule has 0 spiro atoms. The third-order valence-corrected chi connectivity index (χ3v) is 4.57. The van der Waals surface area contributed by atoms with E-state index < -0.39 is 0 Å². The van der Waals surface area contributed by atoms with Crippen LogP contribution >= 0.6 is 0 Å². The molecule has 2 aliphatic heterocycles. The lowest BCUT2D eigenvalue weighted by molar-refractivity contribution is 0.0364. The number of β-amino-alcohol motifs (C(OH)–C–C–N with tert-alkyl or cyclic N) is 1. The second-order valence-corrected chi connectivity index (χ2v) is 6.16. The Morgan fingerprint density at radius 3 is 2.48 bits per heavy atom. The third kappa shape index (κ3) is 4.27. The highest BCUT2D eigenvalue weighted by atomic mass is 16.5. The Morgan fingerprint density at radius 1 is 1.10 bits per heavy atom. The van der Waals surface area contributed by atoms with Gasteiger partial charge in [-0.1, -0.05) is 30.3 Å². The summed E-state index contributed by atoms with van der Waals surface area (Å²) in [7, 11) is 0. The Hall–Kier alpha value is -0.940. The van der Waals surface area contributed by atoms with Gasteiger partial charge in [-0.25, -0.2) is 0 Å². The number of benzene rings is 1. The van der Waals surface area contributed by atoms with Gasteiger partial charge in [0.25, 0.3) is 0 Å². The van der Waals surface area contributed by atoms with Gasteiger partial charge in [-0.05, 0) is 18.4 Å². The number of aliphatic hydroxyl groups excluding tert-OH is 1. The molecule has 0 radical (unpaired) electrons. The maximum absolute atomic E-state index is 10.3. The van der Waals surface area contributed by atoms with Crippen LogP contribution in [0.1, 0.15) is 24.5 Å². The largest absolute Gasteiger partial charge is 0.387 e. The SMILES string of the molecule is OC(CN1CCN(CC2CCCO2)CC1)c1ccccc1. The molecule has 1 N–H and O–H groups in total. The van der Waals surface area contributed by atoms with E-state index in [2.05, 4.69) is 9.80 Å². The molecule has 0 saturated carbocycles. The van der Waals surface area contributed by atoms with E-state index in [0.717, 1.165) is 51.4 Å². The first kappa shape index (κ1) is 15.0. The van der Waals surface area contributed by atoms with Crippen LogP contribution in [0.15, 0.2) is 30.3 Å². The molecule has 4 nitrogen and oxygen atoms in total. The molecule has 4 heteroatoms. The van der Waals surface area contributed by atoms with Crippen molar-refractivity contribution in [1.82, 2.24) is 9.80 Å². The zero-order valence-electron chi connectivity index (χ0n) is 12.7. The quantitative estimate of drug-likeness (QED) is 0.892. The van der Waals surface area contributed by atoms with Gasteiger partial charge in [0.2, 0.25) is 0 Å². The van der Waals surface area contributed by atoms with Crippen molar-refractivity contribution in [2.24, 2.45) is 0 Å². The van der Waals surface area contributed by atoms with E-state index in [4.69, 9.17) is 4.74 Å². The average Bonchev–Trinajstić information content (AvgIpc) is 3.03. The Balaban J connectivity index is 1.41. The van der Waals surface area contributed by atoms with Crippen LogP contribution in [-0.2, 0) is 4.74 Å². The average molecular weight is 290 g/mol. The molecule has 2 fully saturated rings. The van der Waals surface area contributed by atoms with Crippen LogP contribution in [0.2, 0.25) is 0 Å². The van der Waals surface area contributed by atoms with Gasteiger partial charge in [-0.15, -0.1) is 0 Å². The molecule has 1 aromatic carbocycles. The highest BCUT2D eigenvalue weighted by molar-refractivity contribution is 5.17. The minimum absolute atomic E-state index is 0.379. The van der Waals surface area contributed by atoms with E-state index in [9.17, 15) is 5.11 Å². The van der Waals surface area contributed by atoms with Crippen molar-refractivity contribution in [1.29, 1.82) is 0 Å². The Kier molecular flexibility index (Phi) is 5.25. The molecule has 21 heavy (non-hydrogen) atoms. The van der Waals surface area contributed by atoms with Crippen LogP contribution in [0.5, 0.6) is 0 Å². The van der Waals surface area contributed by atoms with Gasteiger partial charge >= 0.3 is 0 Å². The number of hydrogen-bond donors (Lipinski definition) is 1. The maximum Gasteiger partial charge on any atom is 0.0916 e. The molecule has 1 aromatic rings. The van der Waals surface area contributed by atoms with E-state index >= 15 is 0 Å². The second-order valence-electron chi connectivity index (χ2n) is 6.16. The molecule has 3 rings (SSSR count). The molecule has 2 saturated heterocycles. The van der Waals surface area contributed by atoms with Crippen molar-refractivity contribution in [3.63, 3.8) is 0 Å². The summed E-state index contributed by atoms with van der Waals surface area (Å²) in [5.41, 5.74) is 1.01. The summed E-state index contributed by atoms with van der Waals surface area (Å²) in [6.07, 6.45) is 2.50. The van der Waals surface area contributed by atoms with E-state index in [1.807, 2.05) is 30.3 Å². The fourth-order valence-electron chi connectivity index (χ4n) is 3.26. The van der Waals surface area contributed by atoms with E-state index in [1.54, 1.807) is 0 Å². The summed E-state index contributed by atoms with van der Waals surface area (Å²) in [4.78, 5) is 4.87. The number of rotatable bonds is 5. The number of aliphatic hydroxyl groups is 1. The van der Waals surface area contributed by atoms with Crippen LogP contribution in [-0.4, -0.2) is 66.9 Å². The van der Waals surface area contributed by atoms with E-state index in [-0.39, 0.29) is 6.10 Å². The molecule has 0 amide bonds. The predicted molar refractivity (Wildman–Crippen MR) is 83.3 cm³/mol. The monoisotopic (exact) mass is 290 g/mol. The molecule has 2 unspecified atom stereocenters. The van der Waals surface area contributed by atoms with Crippen LogP contribution < -0.4 is 0 Å². The number of ether oxygens (including phenoxy) is 1.